The molecule has 0 bridgehead atoms. The van der Waals surface area contributed by atoms with Gasteiger partial charge >= 0.3 is 5.97 Å². The Labute approximate surface area is 95.1 Å². The van der Waals surface area contributed by atoms with Crippen molar-refractivity contribution in [3.63, 3.8) is 0 Å². The quantitative estimate of drug-likeness (QED) is 0.530. The van der Waals surface area contributed by atoms with Gasteiger partial charge in [0, 0.05) is 6.08 Å². The maximum absolute atomic E-state index is 11.0. The first-order chi connectivity index (χ1) is 7.52. The molecule has 0 aromatic heterocycles. The predicted molar refractivity (Wildman–Crippen MR) is 62.6 cm³/mol. The molecule has 0 aliphatic carbocycles. The zero-order valence-electron chi connectivity index (χ0n) is 9.51. The minimum Gasteiger partial charge on any atom is -0.481 e. The molecule has 0 radical (unpaired) electrons. The van der Waals surface area contributed by atoms with Gasteiger partial charge in [0.05, 0.1) is 5.92 Å². The van der Waals surface area contributed by atoms with E-state index in [1.165, 1.54) is 12.2 Å². The molecule has 0 fully saturated rings. The second kappa shape index (κ2) is 7.45. The van der Waals surface area contributed by atoms with Crippen LogP contribution in [-0.2, 0) is 9.59 Å². The van der Waals surface area contributed by atoms with Crippen molar-refractivity contribution >= 4 is 11.9 Å². The Morgan fingerprint density at radius 2 is 2.00 bits per heavy atom. The molecule has 4 nitrogen and oxygen atoms in total. The minimum absolute atomic E-state index is 0.460. The number of carboxylic acid groups (broad SMARTS) is 1. The van der Waals surface area contributed by atoms with E-state index in [2.05, 4.69) is 0 Å². The number of aliphatic carboxylic acids is 1. The third kappa shape index (κ3) is 5.14. The van der Waals surface area contributed by atoms with Crippen molar-refractivity contribution < 1.29 is 14.7 Å². The Hall–Kier alpha value is -1.84. The number of nitrogens with two attached hydrogens (primary N) is 1. The van der Waals surface area contributed by atoms with Crippen LogP contribution in [0.3, 0.4) is 0 Å². The molecule has 16 heavy (non-hydrogen) atoms. The van der Waals surface area contributed by atoms with Crippen LogP contribution in [0.4, 0.5) is 0 Å². The van der Waals surface area contributed by atoms with Gasteiger partial charge in [-0.25, -0.2) is 0 Å². The summed E-state index contributed by atoms with van der Waals surface area (Å²) < 4.78 is 0. The number of allylic oxidation sites excluding steroid dienone is 4. The standard InChI is InChI=1S/C12H17NO3/c1-3-5-6-9(7-8-11(13)14)10(4-2)12(15)16/h3,5-8,10H,4H2,1-2H3,(H2,13,14)(H,15,16)/b5-3+,8-7+,9-6-. The van der Waals surface area contributed by atoms with Gasteiger partial charge in [-0.15, -0.1) is 0 Å². The summed E-state index contributed by atoms with van der Waals surface area (Å²) in [6.45, 7) is 3.61. The highest BCUT2D eigenvalue weighted by Crippen LogP contribution is 2.17. The molecular formula is C12H17NO3. The smallest absolute Gasteiger partial charge is 0.310 e. The molecule has 3 N–H and O–H groups in total. The molecule has 0 saturated heterocycles. The fraction of sp³-hybridized carbons (Fsp3) is 0.333. The average molecular weight is 223 g/mol. The van der Waals surface area contributed by atoms with E-state index in [1.54, 1.807) is 25.2 Å². The molecule has 0 aliphatic heterocycles. The lowest BCUT2D eigenvalue weighted by atomic mass is 9.95. The first-order valence-corrected chi connectivity index (χ1v) is 5.06. The molecule has 0 heterocycles. The lowest BCUT2D eigenvalue weighted by Crippen LogP contribution is -2.15. The number of amides is 1. The van der Waals surface area contributed by atoms with Crippen LogP contribution in [0.1, 0.15) is 20.3 Å². The van der Waals surface area contributed by atoms with E-state index >= 15 is 0 Å². The van der Waals surface area contributed by atoms with Gasteiger partial charge in [0.2, 0.25) is 5.91 Å². The zero-order valence-corrected chi connectivity index (χ0v) is 9.51. The van der Waals surface area contributed by atoms with Crippen LogP contribution in [0.5, 0.6) is 0 Å². The minimum atomic E-state index is -0.910. The zero-order chi connectivity index (χ0) is 12.6. The number of primary amides is 1. The van der Waals surface area contributed by atoms with E-state index < -0.39 is 17.8 Å². The number of hydrogen-bond donors (Lipinski definition) is 2. The van der Waals surface area contributed by atoms with Gasteiger partial charge < -0.3 is 10.8 Å². The number of rotatable bonds is 6. The van der Waals surface area contributed by atoms with E-state index in [0.29, 0.717) is 12.0 Å². The first-order valence-electron chi connectivity index (χ1n) is 5.06. The van der Waals surface area contributed by atoms with Crippen molar-refractivity contribution in [3.05, 3.63) is 36.0 Å². The van der Waals surface area contributed by atoms with Crippen LogP contribution in [0.2, 0.25) is 0 Å². The van der Waals surface area contributed by atoms with Crippen molar-refractivity contribution in [3.8, 4) is 0 Å². The molecule has 1 unspecified atom stereocenters. The third-order valence-corrected chi connectivity index (χ3v) is 2.03. The van der Waals surface area contributed by atoms with Crippen LogP contribution >= 0.6 is 0 Å². The van der Waals surface area contributed by atoms with E-state index in [0.717, 1.165) is 0 Å². The summed E-state index contributed by atoms with van der Waals surface area (Å²) in [5.74, 6) is -2.12. The van der Waals surface area contributed by atoms with Crippen molar-refractivity contribution in [2.24, 2.45) is 11.7 Å². The van der Waals surface area contributed by atoms with E-state index in [9.17, 15) is 9.59 Å². The summed E-state index contributed by atoms with van der Waals surface area (Å²) in [6, 6.07) is 0. The molecule has 0 aromatic carbocycles. The highest BCUT2D eigenvalue weighted by molar-refractivity contribution is 5.86. The fourth-order valence-electron chi connectivity index (χ4n) is 1.23. The Bertz CT molecular complexity index is 340. The van der Waals surface area contributed by atoms with Gasteiger partial charge in [0.1, 0.15) is 0 Å². The summed E-state index contributed by atoms with van der Waals surface area (Å²) >= 11 is 0. The molecule has 0 aromatic rings. The highest BCUT2D eigenvalue weighted by Gasteiger charge is 2.17. The Morgan fingerprint density at radius 1 is 1.38 bits per heavy atom. The summed E-state index contributed by atoms with van der Waals surface area (Å²) in [6.07, 6.45) is 8.26. The Balaban J connectivity index is 5.06. The first kappa shape index (κ1) is 14.2. The number of carbonyl (C=O) groups excluding carboxylic acids is 1. The van der Waals surface area contributed by atoms with E-state index in [1.807, 2.05) is 6.92 Å². The van der Waals surface area contributed by atoms with Crippen LogP contribution < -0.4 is 5.73 Å². The molecule has 4 heteroatoms. The molecule has 1 atom stereocenters. The van der Waals surface area contributed by atoms with E-state index in [4.69, 9.17) is 10.8 Å². The topological polar surface area (TPSA) is 80.4 Å². The van der Waals surface area contributed by atoms with Crippen molar-refractivity contribution in [2.75, 3.05) is 0 Å². The number of carboxylic acids is 1. The summed E-state index contributed by atoms with van der Waals surface area (Å²) in [7, 11) is 0. The predicted octanol–water partition coefficient (Wildman–Crippen LogP) is 1.64. The lowest BCUT2D eigenvalue weighted by molar-refractivity contribution is -0.140. The lowest BCUT2D eigenvalue weighted by Gasteiger charge is -2.10. The number of hydrogen-bond acceptors (Lipinski definition) is 2. The molecule has 0 aliphatic rings. The molecule has 0 rings (SSSR count). The molecule has 0 spiro atoms. The van der Waals surface area contributed by atoms with Crippen LogP contribution in [0.15, 0.2) is 36.0 Å². The van der Waals surface area contributed by atoms with Crippen LogP contribution in [0, 0.1) is 5.92 Å². The fourth-order valence-corrected chi connectivity index (χ4v) is 1.23. The van der Waals surface area contributed by atoms with Gasteiger partial charge in [0.25, 0.3) is 0 Å². The largest absolute Gasteiger partial charge is 0.481 e. The summed E-state index contributed by atoms with van der Waals surface area (Å²) in [5.41, 5.74) is 5.53. The second-order valence-electron chi connectivity index (χ2n) is 3.23. The SMILES string of the molecule is C/C=C/C=C(/C=C/C(N)=O)C(CC)C(=O)O. The molecular weight excluding hydrogens is 206 g/mol. The van der Waals surface area contributed by atoms with Crippen molar-refractivity contribution in [1.29, 1.82) is 0 Å². The highest BCUT2D eigenvalue weighted by atomic mass is 16.4. The van der Waals surface area contributed by atoms with Gasteiger partial charge in [0.15, 0.2) is 0 Å². The van der Waals surface area contributed by atoms with Crippen LogP contribution in [-0.4, -0.2) is 17.0 Å². The summed E-state index contributed by atoms with van der Waals surface area (Å²) in [5, 5.41) is 8.99. The summed E-state index contributed by atoms with van der Waals surface area (Å²) in [4.78, 5) is 21.6. The average Bonchev–Trinajstić information content (AvgIpc) is 2.21. The Kier molecular flexibility index (Phi) is 6.59. The van der Waals surface area contributed by atoms with E-state index in [-0.39, 0.29) is 0 Å². The van der Waals surface area contributed by atoms with Gasteiger partial charge in [-0.05, 0) is 18.9 Å². The van der Waals surface area contributed by atoms with Crippen LogP contribution in [0.25, 0.3) is 0 Å². The van der Waals surface area contributed by atoms with Crippen molar-refractivity contribution in [1.82, 2.24) is 0 Å². The van der Waals surface area contributed by atoms with Gasteiger partial charge in [-0.2, -0.15) is 0 Å². The maximum Gasteiger partial charge on any atom is 0.310 e. The Morgan fingerprint density at radius 3 is 2.38 bits per heavy atom. The van der Waals surface area contributed by atoms with Gasteiger partial charge in [-0.1, -0.05) is 31.2 Å². The monoisotopic (exact) mass is 223 g/mol. The number of carbonyl (C=O) groups is 2. The van der Waals surface area contributed by atoms with Gasteiger partial charge in [-0.3, -0.25) is 9.59 Å². The maximum atomic E-state index is 11.0. The molecule has 88 valence electrons. The second-order valence-corrected chi connectivity index (χ2v) is 3.23. The third-order valence-electron chi connectivity index (χ3n) is 2.03. The molecule has 1 amide bonds. The normalized spacial score (nSPS) is 14.5. The molecule has 0 saturated carbocycles. The van der Waals surface area contributed by atoms with Crippen molar-refractivity contribution in [2.45, 2.75) is 20.3 Å².